The molecule has 2 aromatic rings. The second-order valence-electron chi connectivity index (χ2n) is 8.97. The molecule has 1 aromatic carbocycles. The Labute approximate surface area is 212 Å². The van der Waals surface area contributed by atoms with Crippen LogP contribution in [0.4, 0.5) is 11.5 Å². The molecule has 1 fully saturated rings. The topological polar surface area (TPSA) is 121 Å². The number of likely N-dealkylation sites (N-methyl/N-ethyl adjacent to an activating group) is 1. The second-order valence-corrected chi connectivity index (χ2v) is 8.97. The summed E-state index contributed by atoms with van der Waals surface area (Å²) in [7, 11) is 0. The van der Waals surface area contributed by atoms with Crippen molar-refractivity contribution in [3.8, 4) is 5.75 Å². The maximum absolute atomic E-state index is 13.5. The van der Waals surface area contributed by atoms with Crippen LogP contribution in [0.3, 0.4) is 0 Å². The lowest BCUT2D eigenvalue weighted by Gasteiger charge is -2.27. The number of aliphatic carboxylic acids is 1. The van der Waals surface area contributed by atoms with E-state index in [1.54, 1.807) is 42.6 Å². The minimum Gasteiger partial charge on any atom is -0.494 e. The Hall–Kier alpha value is -3.62. The van der Waals surface area contributed by atoms with Crippen molar-refractivity contribution < 1.29 is 24.2 Å². The zero-order valence-electron chi connectivity index (χ0n) is 20.8. The van der Waals surface area contributed by atoms with E-state index in [9.17, 15) is 14.4 Å². The predicted molar refractivity (Wildman–Crippen MR) is 138 cm³/mol. The van der Waals surface area contributed by atoms with Crippen LogP contribution in [-0.4, -0.2) is 47.2 Å². The molecular weight excluding hydrogens is 460 g/mol. The number of nitrogens with one attached hydrogen (secondary N) is 2. The number of carbonyl (C=O) groups excluding carboxylic acids is 2. The first-order chi connectivity index (χ1) is 17.5. The molecule has 1 heterocycles. The fourth-order valence-corrected chi connectivity index (χ4v) is 4.35. The van der Waals surface area contributed by atoms with Crippen molar-refractivity contribution in [3.05, 3.63) is 48.7 Å². The fraction of sp³-hybridized carbons (Fsp3) is 0.481. The SMILES string of the molecule is CCN(C(=O)C(NC(=O)CCC1CCCC1)Nc1ccc(OCCCC(=O)O)cc1)c1ccccn1. The standard InChI is InChI=1S/C27H36N4O5/c1-2-31(23-10-5-6-18-28-23)27(35)26(30-24(32)17-12-20-8-3-4-9-20)29-21-13-15-22(16-14-21)36-19-7-11-25(33)34/h5-6,10,13-16,18,20,26,29H,2-4,7-9,11-12,17,19H2,1H3,(H,30,32)(H,33,34). The lowest BCUT2D eigenvalue weighted by Crippen LogP contribution is -2.53. The van der Waals surface area contributed by atoms with Gasteiger partial charge in [-0.05, 0) is 62.1 Å². The molecule has 0 spiro atoms. The summed E-state index contributed by atoms with van der Waals surface area (Å²) in [5.74, 6) is 0.371. The summed E-state index contributed by atoms with van der Waals surface area (Å²) in [6.07, 6.45) is 7.13. The molecule has 3 N–H and O–H groups in total. The Morgan fingerprint density at radius 1 is 1.11 bits per heavy atom. The molecule has 1 atom stereocenters. The average Bonchev–Trinajstić information content (AvgIpc) is 3.41. The van der Waals surface area contributed by atoms with Crippen LogP contribution in [0, 0.1) is 5.92 Å². The van der Waals surface area contributed by atoms with Crippen LogP contribution in [0.2, 0.25) is 0 Å². The number of hydrogen-bond acceptors (Lipinski definition) is 6. The Bertz CT molecular complexity index is 977. The lowest BCUT2D eigenvalue weighted by atomic mass is 10.0. The molecule has 1 saturated carbocycles. The number of nitrogens with zero attached hydrogens (tertiary/aromatic N) is 2. The third-order valence-electron chi connectivity index (χ3n) is 6.28. The van der Waals surface area contributed by atoms with Crippen LogP contribution in [0.5, 0.6) is 5.75 Å². The molecule has 3 rings (SSSR count). The number of carbonyl (C=O) groups is 3. The van der Waals surface area contributed by atoms with Crippen molar-refractivity contribution in [1.82, 2.24) is 10.3 Å². The molecule has 0 aliphatic heterocycles. The number of carboxylic acid groups (broad SMARTS) is 1. The van der Waals surface area contributed by atoms with Gasteiger partial charge in [-0.25, -0.2) is 4.98 Å². The van der Waals surface area contributed by atoms with Gasteiger partial charge in [0.1, 0.15) is 11.6 Å². The zero-order chi connectivity index (χ0) is 25.8. The van der Waals surface area contributed by atoms with Crippen LogP contribution in [-0.2, 0) is 14.4 Å². The fourth-order valence-electron chi connectivity index (χ4n) is 4.35. The lowest BCUT2D eigenvalue weighted by molar-refractivity contribution is -0.137. The minimum absolute atomic E-state index is 0.0497. The van der Waals surface area contributed by atoms with Crippen molar-refractivity contribution in [2.24, 2.45) is 5.92 Å². The van der Waals surface area contributed by atoms with Crippen LogP contribution in [0.1, 0.15) is 58.3 Å². The molecular formula is C27H36N4O5. The van der Waals surface area contributed by atoms with Gasteiger partial charge in [-0.1, -0.05) is 31.7 Å². The molecule has 1 aliphatic carbocycles. The number of ether oxygens (including phenoxy) is 1. The number of pyridine rings is 1. The van der Waals surface area contributed by atoms with Gasteiger partial charge in [0, 0.05) is 31.3 Å². The summed E-state index contributed by atoms with van der Waals surface area (Å²) in [5, 5.41) is 14.8. The molecule has 0 saturated heterocycles. The number of carboxylic acids is 1. The highest BCUT2D eigenvalue weighted by atomic mass is 16.5. The molecule has 36 heavy (non-hydrogen) atoms. The smallest absolute Gasteiger partial charge is 0.303 e. The van der Waals surface area contributed by atoms with E-state index in [1.807, 2.05) is 13.0 Å². The number of rotatable bonds is 14. The third-order valence-corrected chi connectivity index (χ3v) is 6.28. The molecule has 1 aromatic heterocycles. The van der Waals surface area contributed by atoms with Gasteiger partial charge in [0.25, 0.3) is 5.91 Å². The van der Waals surface area contributed by atoms with E-state index in [2.05, 4.69) is 15.6 Å². The summed E-state index contributed by atoms with van der Waals surface area (Å²) in [5.41, 5.74) is 0.638. The van der Waals surface area contributed by atoms with E-state index in [4.69, 9.17) is 9.84 Å². The maximum atomic E-state index is 13.5. The van der Waals surface area contributed by atoms with Crippen molar-refractivity contribution in [3.63, 3.8) is 0 Å². The molecule has 0 radical (unpaired) electrons. The van der Waals surface area contributed by atoms with Crippen LogP contribution in [0.25, 0.3) is 0 Å². The van der Waals surface area contributed by atoms with Crippen molar-refractivity contribution in [1.29, 1.82) is 0 Å². The van der Waals surface area contributed by atoms with Crippen molar-refractivity contribution >= 4 is 29.3 Å². The third kappa shape index (κ3) is 8.55. The number of amides is 2. The first-order valence-electron chi connectivity index (χ1n) is 12.7. The van der Waals surface area contributed by atoms with E-state index < -0.39 is 12.1 Å². The van der Waals surface area contributed by atoms with Gasteiger partial charge >= 0.3 is 5.97 Å². The summed E-state index contributed by atoms with van der Waals surface area (Å²) < 4.78 is 5.58. The van der Waals surface area contributed by atoms with E-state index >= 15 is 0 Å². The average molecular weight is 497 g/mol. The van der Waals surface area contributed by atoms with E-state index in [-0.39, 0.29) is 18.2 Å². The van der Waals surface area contributed by atoms with Gasteiger partial charge < -0.3 is 20.5 Å². The number of benzene rings is 1. The van der Waals surface area contributed by atoms with Crippen LogP contribution in [0.15, 0.2) is 48.7 Å². The first kappa shape index (κ1) is 27.0. The van der Waals surface area contributed by atoms with E-state index in [0.29, 0.717) is 49.2 Å². The maximum Gasteiger partial charge on any atom is 0.303 e. The summed E-state index contributed by atoms with van der Waals surface area (Å²) in [6.45, 7) is 2.56. The predicted octanol–water partition coefficient (Wildman–Crippen LogP) is 4.20. The largest absolute Gasteiger partial charge is 0.494 e. The van der Waals surface area contributed by atoms with Gasteiger partial charge in [-0.3, -0.25) is 19.3 Å². The number of hydrogen-bond donors (Lipinski definition) is 3. The monoisotopic (exact) mass is 496 g/mol. The normalized spacial score (nSPS) is 14.1. The number of anilines is 2. The summed E-state index contributed by atoms with van der Waals surface area (Å²) >= 11 is 0. The summed E-state index contributed by atoms with van der Waals surface area (Å²) in [4.78, 5) is 42.8. The molecule has 194 valence electrons. The van der Waals surface area contributed by atoms with Crippen molar-refractivity contribution in [2.45, 2.75) is 64.5 Å². The van der Waals surface area contributed by atoms with E-state index in [0.717, 1.165) is 6.42 Å². The van der Waals surface area contributed by atoms with Crippen LogP contribution < -0.4 is 20.3 Å². The molecule has 9 heteroatoms. The quantitative estimate of drug-likeness (QED) is 0.265. The Balaban J connectivity index is 1.66. The highest BCUT2D eigenvalue weighted by Gasteiger charge is 2.27. The molecule has 0 bridgehead atoms. The molecule has 1 unspecified atom stereocenters. The Kier molecular flexibility index (Phi) is 10.5. The first-order valence-corrected chi connectivity index (χ1v) is 12.7. The zero-order valence-corrected chi connectivity index (χ0v) is 20.8. The van der Waals surface area contributed by atoms with Gasteiger partial charge in [-0.15, -0.1) is 0 Å². The van der Waals surface area contributed by atoms with Gasteiger partial charge in [-0.2, -0.15) is 0 Å². The van der Waals surface area contributed by atoms with Crippen molar-refractivity contribution in [2.75, 3.05) is 23.4 Å². The minimum atomic E-state index is -0.967. The molecule has 2 amide bonds. The van der Waals surface area contributed by atoms with Gasteiger partial charge in [0.2, 0.25) is 5.91 Å². The second kappa shape index (κ2) is 14.1. The Morgan fingerprint density at radius 2 is 1.86 bits per heavy atom. The van der Waals surface area contributed by atoms with Gasteiger partial charge in [0.15, 0.2) is 6.17 Å². The molecule has 1 aliphatic rings. The van der Waals surface area contributed by atoms with Gasteiger partial charge in [0.05, 0.1) is 6.61 Å². The number of aromatic nitrogens is 1. The highest BCUT2D eigenvalue weighted by Crippen LogP contribution is 2.28. The summed E-state index contributed by atoms with van der Waals surface area (Å²) in [6, 6.07) is 12.4. The van der Waals surface area contributed by atoms with E-state index in [1.165, 1.54) is 30.6 Å². The highest BCUT2D eigenvalue weighted by molar-refractivity contribution is 5.99. The molecule has 9 nitrogen and oxygen atoms in total. The Morgan fingerprint density at radius 3 is 2.50 bits per heavy atom. The van der Waals surface area contributed by atoms with Crippen LogP contribution >= 0.6 is 0 Å².